The van der Waals surface area contributed by atoms with Crippen molar-refractivity contribution in [3.63, 3.8) is 0 Å². The van der Waals surface area contributed by atoms with Gasteiger partial charge in [0.2, 0.25) is 0 Å². The third-order valence-corrected chi connectivity index (χ3v) is 7.82. The molecule has 5 aromatic rings. The van der Waals surface area contributed by atoms with Gasteiger partial charge in [-0.15, -0.1) is 0 Å². The maximum absolute atomic E-state index is 12.7. The number of aliphatic hydroxyl groups excluding tert-OH is 1. The molecule has 41 heavy (non-hydrogen) atoms. The zero-order valence-corrected chi connectivity index (χ0v) is 23.7. The second kappa shape index (κ2) is 10.9. The van der Waals surface area contributed by atoms with E-state index in [0.717, 1.165) is 46.0 Å². The molecule has 0 fully saturated rings. The molecule has 2 heterocycles. The lowest BCUT2D eigenvalue weighted by Crippen LogP contribution is -2.05. The number of imidazole rings is 1. The van der Waals surface area contributed by atoms with E-state index in [1.165, 1.54) is 12.1 Å². The van der Waals surface area contributed by atoms with Gasteiger partial charge in [0.25, 0.3) is 0 Å². The Balaban J connectivity index is 1.72. The molecule has 0 aliphatic rings. The molecular formula is C30H28F2N4O4S. The topological polar surface area (TPSA) is 99.2 Å². The highest BCUT2D eigenvalue weighted by molar-refractivity contribution is 7.90. The highest BCUT2D eigenvalue weighted by Gasteiger charge is 2.19. The highest BCUT2D eigenvalue weighted by atomic mass is 32.2. The Bertz CT molecular complexity index is 1850. The summed E-state index contributed by atoms with van der Waals surface area (Å²) in [4.78, 5) is 4.62. The molecule has 2 aromatic heterocycles. The number of halogens is 2. The number of hydrogen-bond donors (Lipinski definition) is 1. The molecule has 212 valence electrons. The first-order valence-electron chi connectivity index (χ1n) is 12.7. The second-order valence-electron chi connectivity index (χ2n) is 9.74. The van der Waals surface area contributed by atoms with Crippen molar-refractivity contribution in [2.75, 3.05) is 6.26 Å². The van der Waals surface area contributed by atoms with Gasteiger partial charge >= 0.3 is 6.61 Å². The van der Waals surface area contributed by atoms with E-state index in [1.54, 1.807) is 35.0 Å². The lowest BCUT2D eigenvalue weighted by molar-refractivity contribution is -0.0498. The summed E-state index contributed by atoms with van der Waals surface area (Å²) < 4.78 is 58.5. The molecule has 0 spiro atoms. The van der Waals surface area contributed by atoms with Crippen LogP contribution in [0.2, 0.25) is 0 Å². The summed E-state index contributed by atoms with van der Waals surface area (Å²) in [5.41, 5.74) is 6.27. The number of aliphatic hydroxyl groups is 1. The van der Waals surface area contributed by atoms with Crippen molar-refractivity contribution in [1.82, 2.24) is 19.3 Å². The maximum Gasteiger partial charge on any atom is 0.387 e. The number of benzene rings is 3. The smallest absolute Gasteiger partial charge is 0.387 e. The zero-order valence-electron chi connectivity index (χ0n) is 22.8. The SMILES string of the molecule is Cc1cn(-c2ccc(-c3ccc(CO)c(S(C)(=O)=O)c3)cc2-c2cc(C)nn2-c2ccc(OC(F)F)cc2)c(C)n1. The summed E-state index contributed by atoms with van der Waals surface area (Å²) >= 11 is 0. The van der Waals surface area contributed by atoms with E-state index in [4.69, 9.17) is 0 Å². The first-order chi connectivity index (χ1) is 19.4. The van der Waals surface area contributed by atoms with Gasteiger partial charge in [0, 0.05) is 18.0 Å². The van der Waals surface area contributed by atoms with Crippen LogP contribution in [0.4, 0.5) is 8.78 Å². The standard InChI is InChI=1S/C30H28F2N4O4S/c1-18-13-28(36(34-18)24-8-10-25(11-9-24)40-30(31)32)26-14-21(7-12-27(26)35-16-19(2)33-20(35)3)22-5-6-23(17-37)29(15-22)41(4,38)39/h5-16,30,37H,17H2,1-4H3. The van der Waals surface area contributed by atoms with Crippen LogP contribution in [-0.4, -0.2) is 45.7 Å². The minimum atomic E-state index is -3.59. The highest BCUT2D eigenvalue weighted by Crippen LogP contribution is 2.36. The number of aromatic nitrogens is 4. The molecular weight excluding hydrogens is 550 g/mol. The number of hydrogen-bond acceptors (Lipinski definition) is 6. The first-order valence-corrected chi connectivity index (χ1v) is 14.6. The van der Waals surface area contributed by atoms with Crippen LogP contribution in [0, 0.1) is 20.8 Å². The fourth-order valence-corrected chi connectivity index (χ4v) is 5.81. The van der Waals surface area contributed by atoms with Crippen LogP contribution < -0.4 is 4.74 Å². The quantitative estimate of drug-likeness (QED) is 0.249. The second-order valence-corrected chi connectivity index (χ2v) is 11.7. The number of sulfone groups is 1. The van der Waals surface area contributed by atoms with Crippen molar-refractivity contribution in [3.8, 4) is 39.5 Å². The molecule has 5 rings (SSSR count). The van der Waals surface area contributed by atoms with E-state index >= 15 is 0 Å². The summed E-state index contributed by atoms with van der Waals surface area (Å²) in [6.07, 6.45) is 3.04. The Morgan fingerprint density at radius 1 is 0.927 bits per heavy atom. The van der Waals surface area contributed by atoms with Crippen LogP contribution in [0.25, 0.3) is 33.8 Å². The molecule has 3 aromatic carbocycles. The normalized spacial score (nSPS) is 11.8. The van der Waals surface area contributed by atoms with E-state index in [2.05, 4.69) is 14.8 Å². The van der Waals surface area contributed by atoms with Gasteiger partial charge in [-0.05, 0) is 86.0 Å². The third kappa shape index (κ3) is 5.77. The summed E-state index contributed by atoms with van der Waals surface area (Å²) in [7, 11) is -3.59. The molecule has 0 atom stereocenters. The van der Waals surface area contributed by atoms with Crippen molar-refractivity contribution < 1.29 is 27.0 Å². The largest absolute Gasteiger partial charge is 0.435 e. The first kappa shape index (κ1) is 28.2. The molecule has 11 heteroatoms. The Morgan fingerprint density at radius 2 is 1.61 bits per heavy atom. The molecule has 0 unspecified atom stereocenters. The number of alkyl halides is 2. The van der Waals surface area contributed by atoms with Crippen LogP contribution in [0.3, 0.4) is 0 Å². The Kier molecular flexibility index (Phi) is 7.50. The predicted molar refractivity (Wildman–Crippen MR) is 151 cm³/mol. The average Bonchev–Trinajstić information content (AvgIpc) is 3.48. The van der Waals surface area contributed by atoms with Gasteiger partial charge in [-0.3, -0.25) is 0 Å². The van der Waals surface area contributed by atoms with Crippen LogP contribution in [0.15, 0.2) is 77.8 Å². The van der Waals surface area contributed by atoms with Gasteiger partial charge in [0.1, 0.15) is 11.6 Å². The number of ether oxygens (including phenoxy) is 1. The molecule has 8 nitrogen and oxygen atoms in total. The van der Waals surface area contributed by atoms with Crippen molar-refractivity contribution in [1.29, 1.82) is 0 Å². The van der Waals surface area contributed by atoms with Gasteiger partial charge in [-0.2, -0.15) is 13.9 Å². The monoisotopic (exact) mass is 578 g/mol. The minimum Gasteiger partial charge on any atom is -0.435 e. The fourth-order valence-electron chi connectivity index (χ4n) is 4.86. The summed E-state index contributed by atoms with van der Waals surface area (Å²) in [5.74, 6) is 0.814. The molecule has 0 saturated carbocycles. The summed E-state index contributed by atoms with van der Waals surface area (Å²) in [6.45, 7) is 2.35. The van der Waals surface area contributed by atoms with Gasteiger partial charge in [-0.25, -0.2) is 18.1 Å². The molecule has 0 bridgehead atoms. The maximum atomic E-state index is 12.7. The van der Waals surface area contributed by atoms with Gasteiger partial charge < -0.3 is 14.4 Å². The lowest BCUT2D eigenvalue weighted by atomic mass is 9.98. The van der Waals surface area contributed by atoms with Crippen molar-refractivity contribution in [2.45, 2.75) is 38.9 Å². The third-order valence-electron chi connectivity index (χ3n) is 6.64. The number of nitrogens with zero attached hydrogens (tertiary/aromatic N) is 4. The molecule has 0 amide bonds. The van der Waals surface area contributed by atoms with Crippen LogP contribution in [0.5, 0.6) is 5.75 Å². The lowest BCUT2D eigenvalue weighted by Gasteiger charge is -2.17. The van der Waals surface area contributed by atoms with Crippen LogP contribution in [0.1, 0.15) is 22.8 Å². The van der Waals surface area contributed by atoms with Gasteiger partial charge in [-0.1, -0.05) is 18.2 Å². The Morgan fingerprint density at radius 3 is 2.22 bits per heavy atom. The zero-order chi connectivity index (χ0) is 29.5. The van der Waals surface area contributed by atoms with E-state index in [-0.39, 0.29) is 10.6 Å². The molecule has 0 aliphatic heterocycles. The fraction of sp³-hybridized carbons (Fsp3) is 0.200. The number of aryl methyl sites for hydroxylation is 3. The molecule has 0 radical (unpaired) electrons. The average molecular weight is 579 g/mol. The minimum absolute atomic E-state index is 0.0365. The van der Waals surface area contributed by atoms with E-state index < -0.39 is 23.1 Å². The van der Waals surface area contributed by atoms with Crippen LogP contribution >= 0.6 is 0 Å². The van der Waals surface area contributed by atoms with E-state index in [9.17, 15) is 22.3 Å². The van der Waals surface area contributed by atoms with Crippen molar-refractivity contribution in [2.24, 2.45) is 0 Å². The van der Waals surface area contributed by atoms with E-state index in [1.807, 2.05) is 55.8 Å². The Labute approximate surface area is 236 Å². The molecule has 0 saturated heterocycles. The van der Waals surface area contributed by atoms with Crippen molar-refractivity contribution in [3.05, 3.63) is 95.7 Å². The van der Waals surface area contributed by atoms with E-state index in [0.29, 0.717) is 16.8 Å². The van der Waals surface area contributed by atoms with Crippen molar-refractivity contribution >= 4 is 9.84 Å². The summed E-state index contributed by atoms with van der Waals surface area (Å²) in [5, 5.41) is 14.4. The number of rotatable bonds is 8. The predicted octanol–water partition coefficient (Wildman–Crippen LogP) is 5.81. The van der Waals surface area contributed by atoms with Crippen LogP contribution in [-0.2, 0) is 16.4 Å². The molecule has 0 aliphatic carbocycles. The van der Waals surface area contributed by atoms with Gasteiger partial charge in [0.05, 0.1) is 40.0 Å². The molecule has 1 N–H and O–H groups in total. The Hall–Kier alpha value is -4.35. The summed E-state index contributed by atoms with van der Waals surface area (Å²) in [6, 6.07) is 18.9. The van der Waals surface area contributed by atoms with Gasteiger partial charge in [0.15, 0.2) is 9.84 Å².